The molecule has 0 radical (unpaired) electrons. The van der Waals surface area contributed by atoms with Crippen LogP contribution in [0.4, 0.5) is 10.5 Å². The smallest absolute Gasteiger partial charge is 0.319 e. The maximum atomic E-state index is 12.4. The molecule has 132 valence electrons. The average molecular weight is 349 g/mol. The second-order valence-corrected chi connectivity index (χ2v) is 6.37. The van der Waals surface area contributed by atoms with Crippen LogP contribution in [0.1, 0.15) is 17.2 Å². The molecule has 0 bridgehead atoms. The molecule has 1 aromatic heterocycles. The number of amides is 2. The monoisotopic (exact) mass is 349 g/mol. The van der Waals surface area contributed by atoms with Crippen molar-refractivity contribution < 1.29 is 9.90 Å². The van der Waals surface area contributed by atoms with Crippen LogP contribution in [0.15, 0.2) is 54.9 Å². The van der Waals surface area contributed by atoms with E-state index in [1.165, 1.54) is 0 Å². The third kappa shape index (κ3) is 3.16. The number of aromatic nitrogens is 3. The summed E-state index contributed by atoms with van der Waals surface area (Å²) in [6.07, 6.45) is 1.55. The van der Waals surface area contributed by atoms with Gasteiger partial charge in [-0.1, -0.05) is 36.4 Å². The summed E-state index contributed by atoms with van der Waals surface area (Å²) >= 11 is 0. The highest BCUT2D eigenvalue weighted by atomic mass is 16.3. The molecule has 0 unspecified atom stereocenters. The third-order valence-corrected chi connectivity index (χ3v) is 4.47. The Morgan fingerprint density at radius 2 is 2.08 bits per heavy atom. The van der Waals surface area contributed by atoms with E-state index in [1.807, 2.05) is 42.5 Å². The van der Waals surface area contributed by atoms with Crippen LogP contribution in [0.5, 0.6) is 0 Å². The van der Waals surface area contributed by atoms with Gasteiger partial charge in [-0.05, 0) is 23.3 Å². The van der Waals surface area contributed by atoms with Crippen molar-refractivity contribution in [3.05, 3.63) is 66.0 Å². The van der Waals surface area contributed by atoms with E-state index in [4.69, 9.17) is 0 Å². The minimum absolute atomic E-state index is 0.364. The largest absolute Gasteiger partial charge is 0.390 e. The van der Waals surface area contributed by atoms with Gasteiger partial charge in [-0.3, -0.25) is 4.68 Å². The highest BCUT2D eigenvalue weighted by Crippen LogP contribution is 2.31. The van der Waals surface area contributed by atoms with E-state index in [9.17, 15) is 9.90 Å². The highest BCUT2D eigenvalue weighted by molar-refractivity contribution is 5.90. The molecule has 0 saturated carbocycles. The number of aliphatic hydroxyl groups excluding tert-OH is 1. The third-order valence-electron chi connectivity index (χ3n) is 4.47. The fourth-order valence-corrected chi connectivity index (χ4v) is 3.26. The lowest BCUT2D eigenvalue weighted by molar-refractivity contribution is 0.144. The summed E-state index contributed by atoms with van der Waals surface area (Å²) in [7, 11) is 1.80. The highest BCUT2D eigenvalue weighted by Gasteiger charge is 2.31. The number of carbonyl (C=O) groups excluding carboxylic acids is 1. The van der Waals surface area contributed by atoms with Crippen LogP contribution in [-0.4, -0.2) is 32.0 Å². The number of fused-ring (bicyclic) bond motifs is 1. The van der Waals surface area contributed by atoms with Gasteiger partial charge < -0.3 is 15.7 Å². The Kier molecular flexibility index (Phi) is 4.14. The van der Waals surface area contributed by atoms with Gasteiger partial charge in [-0.15, -0.1) is 0 Å². The maximum absolute atomic E-state index is 12.4. The van der Waals surface area contributed by atoms with E-state index >= 15 is 0 Å². The first kappa shape index (κ1) is 16.3. The first-order valence-corrected chi connectivity index (χ1v) is 8.39. The number of nitrogens with zero attached hydrogens (tertiary/aromatic N) is 3. The number of nitrogens with one attached hydrogen (secondary N) is 2. The van der Waals surface area contributed by atoms with E-state index in [0.29, 0.717) is 17.9 Å². The number of carbonyl (C=O) groups is 1. The summed E-state index contributed by atoms with van der Waals surface area (Å²) in [5.74, 6) is 0.594. The van der Waals surface area contributed by atoms with Gasteiger partial charge in [0.25, 0.3) is 0 Å². The van der Waals surface area contributed by atoms with Gasteiger partial charge in [0.2, 0.25) is 0 Å². The first-order valence-electron chi connectivity index (χ1n) is 8.39. The summed E-state index contributed by atoms with van der Waals surface area (Å²) < 4.78 is 1.63. The number of aryl methyl sites for hydroxylation is 1. The topological polar surface area (TPSA) is 92.1 Å². The van der Waals surface area contributed by atoms with E-state index < -0.39 is 12.1 Å². The summed E-state index contributed by atoms with van der Waals surface area (Å²) in [5, 5.41) is 20.2. The Morgan fingerprint density at radius 3 is 2.88 bits per heavy atom. The molecule has 7 nitrogen and oxygen atoms in total. The lowest BCUT2D eigenvalue weighted by Crippen LogP contribution is -2.36. The van der Waals surface area contributed by atoms with Crippen LogP contribution in [0.2, 0.25) is 0 Å². The molecule has 26 heavy (non-hydrogen) atoms. The SMILES string of the molecule is Cn1cnc(-c2cccc(NC(=O)N[C@@H]3c4ccccc4C[C@H]3O)c2)n1. The van der Waals surface area contributed by atoms with Crippen molar-refractivity contribution in [3.8, 4) is 11.4 Å². The molecule has 3 N–H and O–H groups in total. The zero-order chi connectivity index (χ0) is 18.1. The van der Waals surface area contributed by atoms with Crippen molar-refractivity contribution in [2.75, 3.05) is 5.32 Å². The normalized spacial score (nSPS) is 18.4. The molecule has 1 heterocycles. The Bertz CT molecular complexity index is 952. The maximum Gasteiger partial charge on any atom is 0.319 e. The molecular weight excluding hydrogens is 330 g/mol. The molecule has 3 aromatic rings. The average Bonchev–Trinajstić information content (AvgIpc) is 3.19. The number of rotatable bonds is 3. The molecule has 0 spiro atoms. The minimum atomic E-state index is -0.623. The Morgan fingerprint density at radius 1 is 1.23 bits per heavy atom. The zero-order valence-electron chi connectivity index (χ0n) is 14.3. The molecule has 7 heteroatoms. The molecule has 2 amide bonds. The lowest BCUT2D eigenvalue weighted by atomic mass is 10.1. The fourth-order valence-electron chi connectivity index (χ4n) is 3.26. The summed E-state index contributed by atoms with van der Waals surface area (Å²) in [6.45, 7) is 0. The molecule has 1 aliphatic rings. The standard InChI is InChI=1S/C19H19N5O2/c1-24-11-20-18(23-24)13-6-4-7-14(9-13)21-19(26)22-17-15-8-3-2-5-12(15)10-16(17)25/h2-9,11,16-17,25H,10H2,1H3,(H2,21,22,26)/t16-,17-/m1/s1. The van der Waals surface area contributed by atoms with Gasteiger partial charge in [0.05, 0.1) is 12.1 Å². The predicted molar refractivity (Wildman–Crippen MR) is 97.5 cm³/mol. The van der Waals surface area contributed by atoms with Crippen molar-refractivity contribution in [1.82, 2.24) is 20.1 Å². The van der Waals surface area contributed by atoms with Crippen LogP contribution < -0.4 is 10.6 Å². The predicted octanol–water partition coefficient (Wildman–Crippen LogP) is 2.26. The number of hydrogen-bond donors (Lipinski definition) is 3. The van der Waals surface area contributed by atoms with Crippen molar-refractivity contribution in [1.29, 1.82) is 0 Å². The van der Waals surface area contributed by atoms with Crippen LogP contribution in [0.25, 0.3) is 11.4 Å². The van der Waals surface area contributed by atoms with E-state index in [1.54, 1.807) is 24.1 Å². The second-order valence-electron chi connectivity index (χ2n) is 6.37. The van der Waals surface area contributed by atoms with Gasteiger partial charge in [0, 0.05) is 24.7 Å². The summed E-state index contributed by atoms with van der Waals surface area (Å²) in [6, 6.07) is 14.3. The van der Waals surface area contributed by atoms with Gasteiger partial charge in [-0.25, -0.2) is 9.78 Å². The van der Waals surface area contributed by atoms with Crippen molar-refractivity contribution in [2.24, 2.45) is 7.05 Å². The molecule has 0 aliphatic heterocycles. The molecule has 4 rings (SSSR count). The van der Waals surface area contributed by atoms with Crippen LogP contribution in [0, 0.1) is 0 Å². The van der Waals surface area contributed by atoms with E-state index in [-0.39, 0.29) is 6.03 Å². The van der Waals surface area contributed by atoms with Gasteiger partial charge in [0.15, 0.2) is 5.82 Å². The molecular formula is C19H19N5O2. The van der Waals surface area contributed by atoms with Crippen LogP contribution in [-0.2, 0) is 13.5 Å². The van der Waals surface area contributed by atoms with Gasteiger partial charge in [0.1, 0.15) is 6.33 Å². The Balaban J connectivity index is 1.47. The van der Waals surface area contributed by atoms with Crippen molar-refractivity contribution in [2.45, 2.75) is 18.6 Å². The van der Waals surface area contributed by atoms with Gasteiger partial charge >= 0.3 is 6.03 Å². The van der Waals surface area contributed by atoms with E-state index in [0.717, 1.165) is 16.7 Å². The van der Waals surface area contributed by atoms with Crippen molar-refractivity contribution in [3.63, 3.8) is 0 Å². The number of urea groups is 1. The zero-order valence-corrected chi connectivity index (χ0v) is 14.3. The quantitative estimate of drug-likeness (QED) is 0.676. The van der Waals surface area contributed by atoms with E-state index in [2.05, 4.69) is 20.7 Å². The molecule has 0 fully saturated rings. The number of hydrogen-bond acceptors (Lipinski definition) is 4. The van der Waals surface area contributed by atoms with Crippen molar-refractivity contribution >= 4 is 11.7 Å². The van der Waals surface area contributed by atoms with Gasteiger partial charge in [-0.2, -0.15) is 5.10 Å². The number of aliphatic hydroxyl groups is 1. The Hall–Kier alpha value is -3.19. The fraction of sp³-hybridized carbons (Fsp3) is 0.211. The lowest BCUT2D eigenvalue weighted by Gasteiger charge is -2.18. The van der Waals surface area contributed by atoms with Crippen LogP contribution >= 0.6 is 0 Å². The molecule has 2 aromatic carbocycles. The summed E-state index contributed by atoms with van der Waals surface area (Å²) in [4.78, 5) is 16.6. The first-order chi connectivity index (χ1) is 12.6. The summed E-state index contributed by atoms with van der Waals surface area (Å²) in [5.41, 5.74) is 3.47. The molecule has 1 aliphatic carbocycles. The number of anilines is 1. The van der Waals surface area contributed by atoms with Crippen LogP contribution in [0.3, 0.4) is 0 Å². The minimum Gasteiger partial charge on any atom is -0.390 e. The second kappa shape index (κ2) is 6.61. The number of benzene rings is 2. The molecule has 0 saturated heterocycles. The molecule has 2 atom stereocenters. The Labute approximate surface area is 150 Å².